The summed E-state index contributed by atoms with van der Waals surface area (Å²) in [4.78, 5) is 35.5. The number of aldehydes is 1. The van der Waals surface area contributed by atoms with Crippen LogP contribution in [0.1, 0.15) is 22.5 Å². The van der Waals surface area contributed by atoms with Gasteiger partial charge >= 0.3 is 0 Å². The van der Waals surface area contributed by atoms with Crippen LogP contribution in [-0.2, 0) is 4.79 Å². The van der Waals surface area contributed by atoms with Gasteiger partial charge in [-0.1, -0.05) is 48.0 Å². The third kappa shape index (κ3) is 10.5. The molecule has 0 aliphatic heterocycles. The van der Waals surface area contributed by atoms with Gasteiger partial charge in [-0.3, -0.25) is 19.6 Å². The summed E-state index contributed by atoms with van der Waals surface area (Å²) in [5.41, 5.74) is 3.83. The molecule has 0 aliphatic carbocycles. The van der Waals surface area contributed by atoms with Gasteiger partial charge in [-0.2, -0.15) is 0 Å². The first kappa shape index (κ1) is 28.4. The topological polar surface area (TPSA) is 112 Å². The number of rotatable bonds is 8. The Hall–Kier alpha value is -4.85. The summed E-state index contributed by atoms with van der Waals surface area (Å²) in [5.74, 6) is 0.771. The molecule has 0 aliphatic rings. The molecule has 0 atom stereocenters. The Balaban J connectivity index is 0.000000259. The van der Waals surface area contributed by atoms with E-state index in [2.05, 4.69) is 56.4 Å². The summed E-state index contributed by atoms with van der Waals surface area (Å²) >= 11 is 0. The number of nitrogens with one attached hydrogen (secondary N) is 3. The molecule has 0 unspecified atom stereocenters. The number of aromatic nitrogens is 3. The smallest absolute Gasteiger partial charge is 0.207 e. The first-order valence-corrected chi connectivity index (χ1v) is 11.7. The maximum Gasteiger partial charge on any atom is 0.207 e. The van der Waals surface area contributed by atoms with Crippen LogP contribution in [0.15, 0.2) is 84.0 Å². The Morgan fingerprint density at radius 2 is 1.73 bits per heavy atom. The lowest BCUT2D eigenvalue weighted by atomic mass is 10.2. The van der Waals surface area contributed by atoms with E-state index < -0.39 is 0 Å². The van der Waals surface area contributed by atoms with E-state index in [1.54, 1.807) is 30.6 Å². The van der Waals surface area contributed by atoms with Gasteiger partial charge in [0.15, 0.2) is 6.29 Å². The van der Waals surface area contributed by atoms with E-state index in [9.17, 15) is 9.59 Å². The normalized spacial score (nSPS) is 10.8. The van der Waals surface area contributed by atoms with Gasteiger partial charge in [-0.05, 0) is 56.5 Å². The fraction of sp³-hybridized carbons (Fsp3) is 0.138. The molecule has 1 amide bonds. The highest BCUT2D eigenvalue weighted by Crippen LogP contribution is 2.15. The van der Waals surface area contributed by atoms with Crippen LogP contribution >= 0.6 is 0 Å². The van der Waals surface area contributed by atoms with Gasteiger partial charge < -0.3 is 15.6 Å². The van der Waals surface area contributed by atoms with Crippen molar-refractivity contribution in [1.82, 2.24) is 20.3 Å². The van der Waals surface area contributed by atoms with Crippen molar-refractivity contribution in [3.63, 3.8) is 0 Å². The summed E-state index contributed by atoms with van der Waals surface area (Å²) in [6.07, 6.45) is 7.28. The van der Waals surface area contributed by atoms with Gasteiger partial charge in [0.1, 0.15) is 11.5 Å². The predicted molar refractivity (Wildman–Crippen MR) is 151 cm³/mol. The van der Waals surface area contributed by atoms with Crippen molar-refractivity contribution >= 4 is 37.4 Å². The zero-order chi connectivity index (χ0) is 26.7. The van der Waals surface area contributed by atoms with Crippen molar-refractivity contribution in [3.05, 3.63) is 101 Å². The van der Waals surface area contributed by atoms with Crippen molar-refractivity contribution in [1.29, 1.82) is 0 Å². The van der Waals surface area contributed by atoms with Crippen LogP contribution in [0.3, 0.4) is 0 Å². The summed E-state index contributed by atoms with van der Waals surface area (Å²) < 4.78 is 0. The SMILES string of the molecule is C=N/C=c1/[nH]c(-c2ccc(NC)cc2)n/c1=C/CCNC=O.Cc1ccccc1.O=Cc1ccccn1. The lowest BCUT2D eigenvalue weighted by Crippen LogP contribution is -2.24. The van der Waals surface area contributed by atoms with Crippen molar-refractivity contribution in [2.45, 2.75) is 13.3 Å². The lowest BCUT2D eigenvalue weighted by Gasteiger charge is -2.00. The Kier molecular flexibility index (Phi) is 12.8. The molecule has 4 aromatic rings. The molecule has 0 radical (unpaired) electrons. The Labute approximate surface area is 216 Å². The number of anilines is 1. The average molecular weight is 497 g/mol. The Morgan fingerprint density at radius 3 is 2.24 bits per heavy atom. The average Bonchev–Trinajstić information content (AvgIpc) is 3.35. The van der Waals surface area contributed by atoms with Crippen LogP contribution in [0.25, 0.3) is 23.7 Å². The Bertz CT molecular complexity index is 1330. The molecule has 190 valence electrons. The minimum absolute atomic E-state index is 0.479. The van der Waals surface area contributed by atoms with Gasteiger partial charge in [0.25, 0.3) is 0 Å². The van der Waals surface area contributed by atoms with Crippen LogP contribution < -0.4 is 21.3 Å². The van der Waals surface area contributed by atoms with E-state index in [0.29, 0.717) is 25.1 Å². The van der Waals surface area contributed by atoms with E-state index in [4.69, 9.17) is 0 Å². The number of nitrogens with zero attached hydrogens (tertiary/aromatic N) is 3. The maximum absolute atomic E-state index is 10.2. The minimum Gasteiger partial charge on any atom is -0.388 e. The third-order valence-corrected chi connectivity index (χ3v) is 4.89. The molecule has 0 saturated carbocycles. The fourth-order valence-electron chi connectivity index (χ4n) is 3.01. The number of hydrogen-bond donors (Lipinski definition) is 3. The molecule has 2 aromatic carbocycles. The number of aliphatic imine (C=N–C) groups is 1. The van der Waals surface area contributed by atoms with Crippen LogP contribution in [0.2, 0.25) is 0 Å². The number of benzene rings is 2. The second-order valence-corrected chi connectivity index (χ2v) is 7.62. The van der Waals surface area contributed by atoms with Crippen molar-refractivity contribution in [3.8, 4) is 11.4 Å². The highest BCUT2D eigenvalue weighted by molar-refractivity contribution is 5.71. The molecule has 0 fully saturated rings. The van der Waals surface area contributed by atoms with Gasteiger partial charge in [0.2, 0.25) is 6.41 Å². The molecule has 0 bridgehead atoms. The number of aryl methyl sites for hydroxylation is 1. The maximum atomic E-state index is 10.2. The van der Waals surface area contributed by atoms with E-state index >= 15 is 0 Å². The number of imidazole rings is 1. The second kappa shape index (κ2) is 16.7. The lowest BCUT2D eigenvalue weighted by molar-refractivity contribution is -0.109. The number of H-pyrrole nitrogens is 1. The van der Waals surface area contributed by atoms with E-state index in [1.807, 2.05) is 55.6 Å². The zero-order valence-corrected chi connectivity index (χ0v) is 21.1. The quantitative estimate of drug-likeness (QED) is 0.197. The van der Waals surface area contributed by atoms with Gasteiger partial charge in [0, 0.05) is 31.0 Å². The molecular weight excluding hydrogens is 464 g/mol. The summed E-state index contributed by atoms with van der Waals surface area (Å²) in [7, 11) is 1.88. The van der Waals surface area contributed by atoms with Crippen LogP contribution in [0.5, 0.6) is 0 Å². The number of carbonyl (C=O) groups is 2. The molecule has 8 nitrogen and oxygen atoms in total. The van der Waals surface area contributed by atoms with Gasteiger partial charge in [0.05, 0.1) is 16.9 Å². The summed E-state index contributed by atoms with van der Waals surface area (Å²) in [5, 5.41) is 7.30. The third-order valence-electron chi connectivity index (χ3n) is 4.89. The fourth-order valence-corrected chi connectivity index (χ4v) is 3.01. The zero-order valence-electron chi connectivity index (χ0n) is 21.1. The number of hydrogen-bond acceptors (Lipinski definition) is 6. The summed E-state index contributed by atoms with van der Waals surface area (Å²) in [6.45, 7) is 6.13. The number of amides is 1. The number of aromatic amines is 1. The summed E-state index contributed by atoms with van der Waals surface area (Å²) in [6, 6.07) is 23.4. The van der Waals surface area contributed by atoms with Crippen molar-refractivity contribution in [2.24, 2.45) is 4.99 Å². The van der Waals surface area contributed by atoms with Crippen LogP contribution in [0, 0.1) is 6.92 Å². The van der Waals surface area contributed by atoms with Crippen molar-refractivity contribution < 1.29 is 9.59 Å². The second-order valence-electron chi connectivity index (χ2n) is 7.62. The Morgan fingerprint density at radius 1 is 1.00 bits per heavy atom. The first-order valence-electron chi connectivity index (χ1n) is 11.7. The van der Waals surface area contributed by atoms with Crippen molar-refractivity contribution in [2.75, 3.05) is 18.9 Å². The van der Waals surface area contributed by atoms with Crippen LogP contribution in [-0.4, -0.2) is 48.0 Å². The molecule has 3 N–H and O–H groups in total. The van der Waals surface area contributed by atoms with E-state index in [-0.39, 0.29) is 0 Å². The first-order chi connectivity index (χ1) is 18.1. The number of pyridine rings is 1. The number of carbonyl (C=O) groups excluding carboxylic acids is 2. The highest BCUT2D eigenvalue weighted by atomic mass is 16.1. The predicted octanol–water partition coefficient (Wildman–Crippen LogP) is 3.36. The highest BCUT2D eigenvalue weighted by Gasteiger charge is 2.02. The van der Waals surface area contributed by atoms with Crippen LogP contribution in [0.4, 0.5) is 5.69 Å². The molecule has 2 aromatic heterocycles. The molecular formula is C29H32N6O2. The van der Waals surface area contributed by atoms with E-state index in [1.165, 1.54) is 5.56 Å². The largest absolute Gasteiger partial charge is 0.388 e. The standard InChI is InChI=1S/C16H19N5O.C7H8.C6H5NO/c1-17-10-15-14(4-3-9-19-11-22)20-16(21-15)12-5-7-13(18-2)8-6-12;1-7-5-3-2-4-6-7;8-5-6-3-1-2-4-7-6/h4-8,10-11,18H,1,3,9H2,2H3,(H,19,22)(H,20,21);2-6H,1H3;1-5H/b14-4+,15-10+;;. The molecule has 0 saturated heterocycles. The van der Waals surface area contributed by atoms with Gasteiger partial charge in [-0.25, -0.2) is 4.98 Å². The molecule has 2 heterocycles. The molecule has 37 heavy (non-hydrogen) atoms. The van der Waals surface area contributed by atoms with Gasteiger partial charge in [-0.15, -0.1) is 0 Å². The molecule has 8 heteroatoms. The molecule has 0 spiro atoms. The van der Waals surface area contributed by atoms with E-state index in [0.717, 1.165) is 34.1 Å². The monoisotopic (exact) mass is 496 g/mol. The molecule has 4 rings (SSSR count). The minimum atomic E-state index is 0.479.